The highest BCUT2D eigenvalue weighted by Crippen LogP contribution is 2.24. The molecule has 0 saturated carbocycles. The normalized spacial score (nSPS) is 10.2. The minimum absolute atomic E-state index is 0.124. The van der Waals surface area contributed by atoms with Gasteiger partial charge in [0.1, 0.15) is 12.0 Å². The Balaban J connectivity index is 2.53. The van der Waals surface area contributed by atoms with Crippen LogP contribution in [0.5, 0.6) is 0 Å². The summed E-state index contributed by atoms with van der Waals surface area (Å²) >= 11 is 0. The number of methoxy groups -OCH3 is 1. The van der Waals surface area contributed by atoms with Crippen molar-refractivity contribution in [2.24, 2.45) is 0 Å². The zero-order valence-corrected chi connectivity index (χ0v) is 10.6. The molecule has 0 fully saturated rings. The van der Waals surface area contributed by atoms with Crippen LogP contribution in [-0.2, 0) is 9.47 Å². The Kier molecular flexibility index (Phi) is 6.48. The molecule has 0 aliphatic carbocycles. The number of aldehydes is 1. The zero-order chi connectivity index (χ0) is 14.1. The number of nitrogens with one attached hydrogen (secondary N) is 1. The van der Waals surface area contributed by atoms with E-state index in [2.05, 4.69) is 5.32 Å². The summed E-state index contributed by atoms with van der Waals surface area (Å²) in [7, 11) is 1.58. The second-order valence-corrected chi connectivity index (χ2v) is 3.68. The molecule has 0 radical (unpaired) electrons. The number of hydrogen-bond acceptors (Lipinski definition) is 6. The predicted molar refractivity (Wildman–Crippen MR) is 69.7 cm³/mol. The Bertz CT molecular complexity index is 436. The van der Waals surface area contributed by atoms with Gasteiger partial charge in [0.15, 0.2) is 0 Å². The van der Waals surface area contributed by atoms with Gasteiger partial charge in [0.25, 0.3) is 5.69 Å². The van der Waals surface area contributed by atoms with Crippen LogP contribution in [0.2, 0.25) is 0 Å². The van der Waals surface area contributed by atoms with Crippen LogP contribution in [0.1, 0.15) is 10.4 Å². The number of nitro groups is 1. The SMILES string of the molecule is COCCOCCNc1ccc(C=O)cc1[N+](=O)[O-]. The fourth-order valence-electron chi connectivity index (χ4n) is 1.42. The minimum Gasteiger partial charge on any atom is -0.382 e. The number of nitrogens with zero attached hydrogens (tertiary/aromatic N) is 1. The first-order chi connectivity index (χ1) is 9.19. The van der Waals surface area contributed by atoms with Gasteiger partial charge >= 0.3 is 0 Å². The summed E-state index contributed by atoms with van der Waals surface area (Å²) in [6, 6.07) is 4.27. The van der Waals surface area contributed by atoms with Gasteiger partial charge < -0.3 is 14.8 Å². The highest BCUT2D eigenvalue weighted by molar-refractivity contribution is 5.79. The molecule has 0 aliphatic heterocycles. The third-order valence-corrected chi connectivity index (χ3v) is 2.35. The molecule has 0 atom stereocenters. The van der Waals surface area contributed by atoms with E-state index in [0.717, 1.165) is 0 Å². The van der Waals surface area contributed by atoms with Crippen LogP contribution in [0.3, 0.4) is 0 Å². The largest absolute Gasteiger partial charge is 0.382 e. The van der Waals surface area contributed by atoms with Gasteiger partial charge in [-0.05, 0) is 12.1 Å². The van der Waals surface area contributed by atoms with E-state index >= 15 is 0 Å². The topological polar surface area (TPSA) is 90.7 Å². The van der Waals surface area contributed by atoms with E-state index in [1.807, 2.05) is 0 Å². The van der Waals surface area contributed by atoms with E-state index in [0.29, 0.717) is 38.3 Å². The third-order valence-electron chi connectivity index (χ3n) is 2.35. The number of benzene rings is 1. The van der Waals surface area contributed by atoms with Crippen LogP contribution in [0.15, 0.2) is 18.2 Å². The van der Waals surface area contributed by atoms with E-state index in [-0.39, 0.29) is 11.3 Å². The molecule has 19 heavy (non-hydrogen) atoms. The molecule has 0 saturated heterocycles. The third kappa shape index (κ3) is 5.02. The summed E-state index contributed by atoms with van der Waals surface area (Å²) in [4.78, 5) is 20.9. The van der Waals surface area contributed by atoms with E-state index in [1.54, 1.807) is 7.11 Å². The van der Waals surface area contributed by atoms with Crippen molar-refractivity contribution in [2.45, 2.75) is 0 Å². The Morgan fingerprint density at radius 1 is 1.37 bits per heavy atom. The van der Waals surface area contributed by atoms with Crippen molar-refractivity contribution in [1.82, 2.24) is 0 Å². The molecular formula is C12H16N2O5. The van der Waals surface area contributed by atoms with E-state index in [1.165, 1.54) is 18.2 Å². The van der Waals surface area contributed by atoms with Gasteiger partial charge in [-0.3, -0.25) is 14.9 Å². The Morgan fingerprint density at radius 3 is 2.79 bits per heavy atom. The lowest BCUT2D eigenvalue weighted by Crippen LogP contribution is -2.12. The monoisotopic (exact) mass is 268 g/mol. The maximum atomic E-state index is 10.9. The Labute approximate surface area is 110 Å². The second-order valence-electron chi connectivity index (χ2n) is 3.68. The molecule has 0 aliphatic rings. The number of hydrogen-bond donors (Lipinski definition) is 1. The average molecular weight is 268 g/mol. The average Bonchev–Trinajstić information content (AvgIpc) is 2.42. The molecule has 0 heterocycles. The fraction of sp³-hybridized carbons (Fsp3) is 0.417. The van der Waals surface area contributed by atoms with Gasteiger partial charge in [0.2, 0.25) is 0 Å². The first-order valence-electron chi connectivity index (χ1n) is 5.73. The Morgan fingerprint density at radius 2 is 2.16 bits per heavy atom. The van der Waals surface area contributed by atoms with Crippen molar-refractivity contribution in [1.29, 1.82) is 0 Å². The van der Waals surface area contributed by atoms with Crippen LogP contribution >= 0.6 is 0 Å². The van der Waals surface area contributed by atoms with Crippen LogP contribution < -0.4 is 5.32 Å². The standard InChI is InChI=1S/C12H16N2O5/c1-18-6-7-19-5-4-13-11-3-2-10(9-15)8-12(11)14(16)17/h2-3,8-9,13H,4-7H2,1H3. The summed E-state index contributed by atoms with van der Waals surface area (Å²) in [5.41, 5.74) is 0.515. The van der Waals surface area contributed by atoms with Crippen molar-refractivity contribution in [3.05, 3.63) is 33.9 Å². The van der Waals surface area contributed by atoms with Crippen LogP contribution in [0.4, 0.5) is 11.4 Å². The number of anilines is 1. The molecule has 1 rings (SSSR count). The molecular weight excluding hydrogens is 252 g/mol. The maximum Gasteiger partial charge on any atom is 0.293 e. The van der Waals surface area contributed by atoms with Gasteiger partial charge in [0.05, 0.1) is 24.7 Å². The minimum atomic E-state index is -0.527. The molecule has 0 unspecified atom stereocenters. The lowest BCUT2D eigenvalue weighted by atomic mass is 10.2. The van der Waals surface area contributed by atoms with E-state index in [9.17, 15) is 14.9 Å². The predicted octanol–water partition coefficient (Wildman–Crippen LogP) is 1.48. The molecule has 1 aromatic rings. The lowest BCUT2D eigenvalue weighted by Gasteiger charge is -2.08. The summed E-state index contributed by atoms with van der Waals surface area (Å²) in [5, 5.41) is 13.8. The highest BCUT2D eigenvalue weighted by Gasteiger charge is 2.13. The fourth-order valence-corrected chi connectivity index (χ4v) is 1.42. The highest BCUT2D eigenvalue weighted by atomic mass is 16.6. The molecule has 0 amide bonds. The van der Waals surface area contributed by atoms with Gasteiger partial charge in [-0.15, -0.1) is 0 Å². The molecule has 1 aromatic carbocycles. The number of carbonyl (C=O) groups is 1. The van der Waals surface area contributed by atoms with Crippen LogP contribution in [0.25, 0.3) is 0 Å². The summed E-state index contributed by atoms with van der Waals surface area (Å²) in [6.45, 7) is 1.83. The number of ether oxygens (including phenoxy) is 2. The van der Waals surface area contributed by atoms with Crippen molar-refractivity contribution >= 4 is 17.7 Å². The zero-order valence-electron chi connectivity index (χ0n) is 10.6. The van der Waals surface area contributed by atoms with Gasteiger partial charge in [-0.2, -0.15) is 0 Å². The molecule has 0 aromatic heterocycles. The van der Waals surface area contributed by atoms with Gasteiger partial charge in [-0.25, -0.2) is 0 Å². The van der Waals surface area contributed by atoms with Gasteiger partial charge in [0, 0.05) is 25.3 Å². The summed E-state index contributed by atoms with van der Waals surface area (Å²) in [6.07, 6.45) is 0.574. The second kappa shape index (κ2) is 8.17. The van der Waals surface area contributed by atoms with E-state index in [4.69, 9.17) is 9.47 Å². The van der Waals surface area contributed by atoms with Gasteiger partial charge in [-0.1, -0.05) is 0 Å². The van der Waals surface area contributed by atoms with Crippen LogP contribution in [-0.4, -0.2) is 44.7 Å². The molecule has 7 nitrogen and oxygen atoms in total. The number of nitro benzene ring substituents is 1. The quantitative estimate of drug-likeness (QED) is 0.316. The Hall–Kier alpha value is -1.99. The maximum absolute atomic E-state index is 10.9. The van der Waals surface area contributed by atoms with E-state index < -0.39 is 4.92 Å². The number of carbonyl (C=O) groups excluding carboxylic acids is 1. The lowest BCUT2D eigenvalue weighted by molar-refractivity contribution is -0.384. The summed E-state index contributed by atoms with van der Waals surface area (Å²) in [5.74, 6) is 0. The number of rotatable bonds is 9. The van der Waals surface area contributed by atoms with Crippen molar-refractivity contribution in [3.8, 4) is 0 Å². The first-order valence-corrected chi connectivity index (χ1v) is 5.73. The van der Waals surface area contributed by atoms with Crippen molar-refractivity contribution in [3.63, 3.8) is 0 Å². The van der Waals surface area contributed by atoms with Crippen LogP contribution in [0, 0.1) is 10.1 Å². The smallest absolute Gasteiger partial charge is 0.293 e. The summed E-state index contributed by atoms with van der Waals surface area (Å²) < 4.78 is 10.0. The molecule has 1 N–H and O–H groups in total. The van der Waals surface area contributed by atoms with Crippen molar-refractivity contribution in [2.75, 3.05) is 38.8 Å². The first kappa shape index (κ1) is 15.1. The molecule has 0 spiro atoms. The van der Waals surface area contributed by atoms with Crippen molar-refractivity contribution < 1.29 is 19.2 Å². The molecule has 0 bridgehead atoms. The molecule has 7 heteroatoms. The molecule has 104 valence electrons.